The molecule has 1 heterocycles. The van der Waals surface area contributed by atoms with Gasteiger partial charge in [0.1, 0.15) is 0 Å². The summed E-state index contributed by atoms with van der Waals surface area (Å²) in [6.07, 6.45) is 4.90. The second-order valence-corrected chi connectivity index (χ2v) is 4.84. The molecule has 0 spiro atoms. The maximum absolute atomic E-state index is 5.71. The first-order valence-corrected chi connectivity index (χ1v) is 6.57. The fraction of sp³-hybridized carbons (Fsp3) is 0.333. The van der Waals surface area contributed by atoms with Crippen LogP contribution in [0.1, 0.15) is 24.0 Å². The van der Waals surface area contributed by atoms with Gasteiger partial charge in [0.15, 0.2) is 0 Å². The van der Waals surface area contributed by atoms with Crippen molar-refractivity contribution in [3.63, 3.8) is 0 Å². The molecule has 2 N–H and O–H groups in total. The van der Waals surface area contributed by atoms with Crippen LogP contribution in [-0.4, -0.2) is 17.1 Å². The molecule has 3 rings (SSSR count). The molecule has 0 fully saturated rings. The molecule has 0 radical (unpaired) electrons. The number of hydrogen-bond acceptors (Lipinski definition) is 4. The second kappa shape index (κ2) is 4.88. The standard InChI is InChI=1S/C15H17N3O/c1-19-14-9-13(17-15(16)18-14)12-7-6-10-4-2-3-5-11(10)8-12/h6-9H,2-5H2,1H3,(H2,16,17,18). The average Bonchev–Trinajstić information content (AvgIpc) is 2.46. The van der Waals surface area contributed by atoms with E-state index in [0.717, 1.165) is 17.7 Å². The topological polar surface area (TPSA) is 61.0 Å². The Morgan fingerprint density at radius 1 is 1.05 bits per heavy atom. The van der Waals surface area contributed by atoms with Gasteiger partial charge in [-0.15, -0.1) is 0 Å². The number of nitrogens with zero attached hydrogens (tertiary/aromatic N) is 2. The predicted molar refractivity (Wildman–Crippen MR) is 75.1 cm³/mol. The third-order valence-electron chi connectivity index (χ3n) is 3.57. The number of benzene rings is 1. The van der Waals surface area contributed by atoms with Gasteiger partial charge in [-0.1, -0.05) is 12.1 Å². The number of methoxy groups -OCH3 is 1. The number of ether oxygens (including phenoxy) is 1. The Morgan fingerprint density at radius 3 is 2.63 bits per heavy atom. The van der Waals surface area contributed by atoms with E-state index in [1.807, 2.05) is 6.07 Å². The van der Waals surface area contributed by atoms with Crippen molar-refractivity contribution >= 4 is 5.95 Å². The maximum Gasteiger partial charge on any atom is 0.223 e. The van der Waals surface area contributed by atoms with Gasteiger partial charge < -0.3 is 10.5 Å². The number of aromatic nitrogens is 2. The van der Waals surface area contributed by atoms with E-state index in [4.69, 9.17) is 10.5 Å². The molecule has 0 bridgehead atoms. The number of aryl methyl sites for hydroxylation is 2. The summed E-state index contributed by atoms with van der Waals surface area (Å²) in [7, 11) is 1.58. The van der Waals surface area contributed by atoms with Crippen LogP contribution in [0.25, 0.3) is 11.3 Å². The molecular weight excluding hydrogens is 238 g/mol. The van der Waals surface area contributed by atoms with Crippen molar-refractivity contribution < 1.29 is 4.74 Å². The van der Waals surface area contributed by atoms with Crippen LogP contribution in [0.5, 0.6) is 5.88 Å². The van der Waals surface area contributed by atoms with Crippen molar-refractivity contribution in [1.82, 2.24) is 9.97 Å². The number of anilines is 1. The predicted octanol–water partition coefficient (Wildman–Crippen LogP) is 2.61. The summed E-state index contributed by atoms with van der Waals surface area (Å²) in [4.78, 5) is 8.30. The summed E-state index contributed by atoms with van der Waals surface area (Å²) in [5.74, 6) is 0.743. The lowest BCUT2D eigenvalue weighted by molar-refractivity contribution is 0.398. The number of hydrogen-bond donors (Lipinski definition) is 1. The first-order chi connectivity index (χ1) is 9.26. The lowest BCUT2D eigenvalue weighted by atomic mass is 9.90. The molecule has 0 amide bonds. The van der Waals surface area contributed by atoms with Crippen LogP contribution in [0.15, 0.2) is 24.3 Å². The van der Waals surface area contributed by atoms with E-state index in [-0.39, 0.29) is 5.95 Å². The van der Waals surface area contributed by atoms with E-state index in [2.05, 4.69) is 28.2 Å². The molecule has 2 aromatic rings. The van der Waals surface area contributed by atoms with Crippen molar-refractivity contribution in [2.75, 3.05) is 12.8 Å². The minimum absolute atomic E-state index is 0.243. The van der Waals surface area contributed by atoms with E-state index in [0.29, 0.717) is 5.88 Å². The Hall–Kier alpha value is -2.10. The Balaban J connectivity index is 2.04. The van der Waals surface area contributed by atoms with Crippen molar-refractivity contribution in [2.45, 2.75) is 25.7 Å². The van der Waals surface area contributed by atoms with E-state index in [1.54, 1.807) is 7.11 Å². The number of fused-ring (bicyclic) bond motifs is 1. The number of nitrogens with two attached hydrogens (primary N) is 1. The fourth-order valence-corrected chi connectivity index (χ4v) is 2.59. The molecule has 0 atom stereocenters. The first kappa shape index (κ1) is 12.0. The van der Waals surface area contributed by atoms with Crippen molar-refractivity contribution in [3.8, 4) is 17.1 Å². The van der Waals surface area contributed by atoms with Crippen LogP contribution in [0.3, 0.4) is 0 Å². The third kappa shape index (κ3) is 2.38. The van der Waals surface area contributed by atoms with Gasteiger partial charge in [-0.2, -0.15) is 4.98 Å². The summed E-state index contributed by atoms with van der Waals surface area (Å²) in [5.41, 5.74) is 10.5. The molecule has 0 saturated carbocycles. The molecule has 4 heteroatoms. The van der Waals surface area contributed by atoms with Gasteiger partial charge in [-0.05, 0) is 42.9 Å². The molecule has 1 aromatic heterocycles. The monoisotopic (exact) mass is 255 g/mol. The van der Waals surface area contributed by atoms with E-state index in [1.165, 1.54) is 30.4 Å². The lowest BCUT2D eigenvalue weighted by Crippen LogP contribution is -2.03. The summed E-state index contributed by atoms with van der Waals surface area (Å²) < 4.78 is 5.14. The second-order valence-electron chi connectivity index (χ2n) is 4.84. The van der Waals surface area contributed by atoms with Crippen LogP contribution >= 0.6 is 0 Å². The fourth-order valence-electron chi connectivity index (χ4n) is 2.59. The summed E-state index contributed by atoms with van der Waals surface area (Å²) in [6, 6.07) is 8.34. The quantitative estimate of drug-likeness (QED) is 0.896. The Labute approximate surface area is 112 Å². The van der Waals surface area contributed by atoms with Gasteiger partial charge in [0.05, 0.1) is 12.8 Å². The average molecular weight is 255 g/mol. The van der Waals surface area contributed by atoms with Crippen LogP contribution in [0.4, 0.5) is 5.95 Å². The van der Waals surface area contributed by atoms with Gasteiger partial charge in [0.2, 0.25) is 11.8 Å². The van der Waals surface area contributed by atoms with Gasteiger partial charge in [0, 0.05) is 11.6 Å². The summed E-state index contributed by atoms with van der Waals surface area (Å²) in [5, 5.41) is 0. The van der Waals surface area contributed by atoms with Crippen molar-refractivity contribution in [1.29, 1.82) is 0 Å². The molecule has 0 saturated heterocycles. The Kier molecular flexibility index (Phi) is 3.07. The highest BCUT2D eigenvalue weighted by Crippen LogP contribution is 2.28. The SMILES string of the molecule is COc1cc(-c2ccc3c(c2)CCCC3)nc(N)n1. The molecule has 0 unspecified atom stereocenters. The highest BCUT2D eigenvalue weighted by Gasteiger charge is 2.11. The van der Waals surface area contributed by atoms with Gasteiger partial charge in [-0.3, -0.25) is 0 Å². The molecule has 1 aromatic carbocycles. The molecule has 4 nitrogen and oxygen atoms in total. The minimum Gasteiger partial charge on any atom is -0.481 e. The van der Waals surface area contributed by atoms with Crippen LogP contribution in [0, 0.1) is 0 Å². The van der Waals surface area contributed by atoms with E-state index < -0.39 is 0 Å². The maximum atomic E-state index is 5.71. The largest absolute Gasteiger partial charge is 0.481 e. The van der Waals surface area contributed by atoms with Crippen molar-refractivity contribution in [2.24, 2.45) is 0 Å². The number of rotatable bonds is 2. The highest BCUT2D eigenvalue weighted by atomic mass is 16.5. The van der Waals surface area contributed by atoms with Crippen molar-refractivity contribution in [3.05, 3.63) is 35.4 Å². The van der Waals surface area contributed by atoms with Gasteiger partial charge >= 0.3 is 0 Å². The Bertz CT molecular complexity index is 610. The lowest BCUT2D eigenvalue weighted by Gasteiger charge is -2.16. The molecule has 1 aliphatic rings. The molecule has 98 valence electrons. The minimum atomic E-state index is 0.243. The first-order valence-electron chi connectivity index (χ1n) is 6.57. The van der Waals surface area contributed by atoms with E-state index >= 15 is 0 Å². The molecule has 19 heavy (non-hydrogen) atoms. The zero-order valence-electron chi connectivity index (χ0n) is 11.0. The highest BCUT2D eigenvalue weighted by molar-refractivity contribution is 5.63. The van der Waals surface area contributed by atoms with Crippen LogP contribution in [-0.2, 0) is 12.8 Å². The smallest absolute Gasteiger partial charge is 0.223 e. The zero-order valence-corrected chi connectivity index (χ0v) is 11.0. The molecule has 1 aliphatic carbocycles. The third-order valence-corrected chi connectivity index (χ3v) is 3.57. The molecular formula is C15H17N3O. The number of nitrogen functional groups attached to an aromatic ring is 1. The van der Waals surface area contributed by atoms with E-state index in [9.17, 15) is 0 Å². The van der Waals surface area contributed by atoms with Crippen LogP contribution in [0.2, 0.25) is 0 Å². The summed E-state index contributed by atoms with van der Waals surface area (Å²) >= 11 is 0. The van der Waals surface area contributed by atoms with Gasteiger partial charge in [-0.25, -0.2) is 4.98 Å². The Morgan fingerprint density at radius 2 is 1.84 bits per heavy atom. The van der Waals surface area contributed by atoms with Crippen LogP contribution < -0.4 is 10.5 Å². The van der Waals surface area contributed by atoms with Gasteiger partial charge in [0.25, 0.3) is 0 Å². The normalized spacial score (nSPS) is 13.9. The zero-order chi connectivity index (χ0) is 13.2. The molecule has 0 aliphatic heterocycles. The summed E-state index contributed by atoms with van der Waals surface area (Å²) in [6.45, 7) is 0.